The Morgan fingerprint density at radius 3 is 2.22 bits per heavy atom. The van der Waals surface area contributed by atoms with Gasteiger partial charge < -0.3 is 13.9 Å². The summed E-state index contributed by atoms with van der Waals surface area (Å²) in [5.74, 6) is -0.0427. The number of fused-ring (bicyclic) bond motifs is 1. The number of rotatable bonds is 4. The Bertz CT molecular complexity index is 1100. The summed E-state index contributed by atoms with van der Waals surface area (Å²) in [6.45, 7) is 2.61. The van der Waals surface area contributed by atoms with E-state index in [-0.39, 0.29) is 17.0 Å². The lowest BCUT2D eigenvalue weighted by Gasteiger charge is -2.03. The lowest BCUT2D eigenvalue weighted by atomic mass is 10.2. The van der Waals surface area contributed by atoms with E-state index in [0.29, 0.717) is 11.3 Å². The van der Waals surface area contributed by atoms with E-state index in [9.17, 15) is 14.4 Å². The van der Waals surface area contributed by atoms with E-state index in [4.69, 9.17) is 13.9 Å². The van der Waals surface area contributed by atoms with Crippen LogP contribution in [0.2, 0.25) is 0 Å². The second-order valence-electron chi connectivity index (χ2n) is 5.61. The summed E-state index contributed by atoms with van der Waals surface area (Å²) in [4.78, 5) is 38.4. The number of ether oxygens (including phenoxy) is 2. The average molecular weight is 365 g/mol. The Kier molecular flexibility index (Phi) is 5.12. The normalized spacial score (nSPS) is 10.9. The molecule has 0 radical (unpaired) electrons. The zero-order valence-electron chi connectivity index (χ0n) is 14.6. The Morgan fingerprint density at radius 2 is 1.56 bits per heavy atom. The van der Waals surface area contributed by atoms with E-state index < -0.39 is 17.6 Å². The maximum Gasteiger partial charge on any atom is 0.347 e. The van der Waals surface area contributed by atoms with E-state index in [1.807, 2.05) is 0 Å². The van der Waals surface area contributed by atoms with Gasteiger partial charge in [0, 0.05) is 19.9 Å². The van der Waals surface area contributed by atoms with Crippen LogP contribution in [-0.4, -0.2) is 16.9 Å². The van der Waals surface area contributed by atoms with Crippen molar-refractivity contribution in [1.82, 2.24) is 4.98 Å². The molecule has 1 heterocycles. The van der Waals surface area contributed by atoms with Crippen LogP contribution in [0.25, 0.3) is 23.1 Å². The predicted octanol–water partition coefficient (Wildman–Crippen LogP) is 3.21. The molecule has 0 unspecified atom stereocenters. The minimum absolute atomic E-state index is 0.136. The van der Waals surface area contributed by atoms with E-state index in [0.717, 1.165) is 5.56 Å². The van der Waals surface area contributed by atoms with Gasteiger partial charge in [-0.3, -0.25) is 9.59 Å². The van der Waals surface area contributed by atoms with Crippen molar-refractivity contribution >= 4 is 35.0 Å². The van der Waals surface area contributed by atoms with Gasteiger partial charge in [0.15, 0.2) is 0 Å². The van der Waals surface area contributed by atoms with Crippen molar-refractivity contribution in [3.63, 3.8) is 0 Å². The molecule has 1 aromatic heterocycles. The molecule has 0 aliphatic heterocycles. The first kappa shape index (κ1) is 18.1. The van der Waals surface area contributed by atoms with Gasteiger partial charge in [0.1, 0.15) is 11.5 Å². The zero-order chi connectivity index (χ0) is 19.4. The molecule has 0 saturated heterocycles. The van der Waals surface area contributed by atoms with Crippen LogP contribution in [0.1, 0.15) is 25.3 Å². The summed E-state index contributed by atoms with van der Waals surface area (Å²) in [6.07, 6.45) is 3.27. The van der Waals surface area contributed by atoms with Crippen molar-refractivity contribution in [2.24, 2.45) is 0 Å². The molecule has 3 rings (SSSR count). The molecule has 3 aromatic rings. The highest BCUT2D eigenvalue weighted by Crippen LogP contribution is 2.19. The fourth-order valence-electron chi connectivity index (χ4n) is 2.35. The van der Waals surface area contributed by atoms with Gasteiger partial charge >= 0.3 is 17.6 Å². The molecule has 0 bridgehead atoms. The van der Waals surface area contributed by atoms with Crippen molar-refractivity contribution < 1.29 is 23.5 Å². The van der Waals surface area contributed by atoms with Crippen LogP contribution in [0.15, 0.2) is 51.7 Å². The molecule has 0 atom stereocenters. The highest BCUT2D eigenvalue weighted by molar-refractivity contribution is 5.81. The smallest absolute Gasteiger partial charge is 0.347 e. The van der Waals surface area contributed by atoms with Crippen molar-refractivity contribution in [3.05, 3.63) is 64.3 Å². The Morgan fingerprint density at radius 1 is 0.926 bits per heavy atom. The summed E-state index contributed by atoms with van der Waals surface area (Å²) in [7, 11) is 0. The maximum absolute atomic E-state index is 12.2. The summed E-state index contributed by atoms with van der Waals surface area (Å²) in [5, 5.41) is 0.219. The number of aromatic nitrogens is 1. The molecule has 136 valence electrons. The molecule has 0 fully saturated rings. The third-order valence-corrected chi connectivity index (χ3v) is 3.44. The van der Waals surface area contributed by atoms with Crippen molar-refractivity contribution in [2.75, 3.05) is 0 Å². The number of hydrogen-bond acceptors (Lipinski definition) is 7. The minimum Gasteiger partial charge on any atom is -0.427 e. The van der Waals surface area contributed by atoms with E-state index in [1.165, 1.54) is 19.9 Å². The molecular formula is C20H15NO6. The van der Waals surface area contributed by atoms with Crippen LogP contribution < -0.4 is 15.1 Å². The van der Waals surface area contributed by atoms with Crippen LogP contribution in [0, 0.1) is 0 Å². The number of carbonyl (C=O) groups is 2. The number of benzene rings is 2. The quantitative estimate of drug-likeness (QED) is 0.517. The second-order valence-corrected chi connectivity index (χ2v) is 5.61. The van der Waals surface area contributed by atoms with Gasteiger partial charge in [-0.1, -0.05) is 12.1 Å². The topological polar surface area (TPSA) is 95.7 Å². The van der Waals surface area contributed by atoms with Gasteiger partial charge in [-0.05, 0) is 42.0 Å². The van der Waals surface area contributed by atoms with Crippen molar-refractivity contribution in [1.29, 1.82) is 0 Å². The highest BCUT2D eigenvalue weighted by atomic mass is 16.5. The molecular weight excluding hydrogens is 350 g/mol. The van der Waals surface area contributed by atoms with Crippen LogP contribution >= 0.6 is 0 Å². The third-order valence-electron chi connectivity index (χ3n) is 3.44. The fraction of sp³-hybridized carbons (Fsp3) is 0.100. The standard InChI is InChI=1S/C20H15NO6/c1-12(22)25-15-6-3-14(4-7-15)5-10-19-21-18-9-8-16(26-13(2)23)11-17(18)20(24)27-19/h3-11H,1-2H3. The maximum atomic E-state index is 12.2. The Hall–Kier alpha value is -3.74. The third kappa shape index (κ3) is 4.66. The first-order chi connectivity index (χ1) is 12.9. The molecule has 7 nitrogen and oxygen atoms in total. The molecule has 0 N–H and O–H groups in total. The van der Waals surface area contributed by atoms with Crippen molar-refractivity contribution in [3.8, 4) is 11.5 Å². The van der Waals surface area contributed by atoms with Crippen molar-refractivity contribution in [2.45, 2.75) is 13.8 Å². The van der Waals surface area contributed by atoms with Crippen LogP contribution in [0.3, 0.4) is 0 Å². The van der Waals surface area contributed by atoms with Gasteiger partial charge in [-0.15, -0.1) is 0 Å². The van der Waals surface area contributed by atoms with Crippen LogP contribution in [-0.2, 0) is 9.59 Å². The molecule has 0 amide bonds. The summed E-state index contributed by atoms with van der Waals surface area (Å²) in [6, 6.07) is 11.4. The average Bonchev–Trinajstić information content (AvgIpc) is 2.61. The summed E-state index contributed by atoms with van der Waals surface area (Å²) >= 11 is 0. The van der Waals surface area contributed by atoms with Gasteiger partial charge in [-0.2, -0.15) is 0 Å². The molecule has 0 spiro atoms. The fourth-order valence-corrected chi connectivity index (χ4v) is 2.35. The van der Waals surface area contributed by atoms with Gasteiger partial charge in [0.25, 0.3) is 0 Å². The first-order valence-corrected chi connectivity index (χ1v) is 8.00. The summed E-state index contributed by atoms with van der Waals surface area (Å²) in [5.41, 5.74) is 0.645. The van der Waals surface area contributed by atoms with Gasteiger partial charge in [-0.25, -0.2) is 9.78 Å². The number of hydrogen-bond donors (Lipinski definition) is 0. The lowest BCUT2D eigenvalue weighted by Crippen LogP contribution is -2.05. The first-order valence-electron chi connectivity index (χ1n) is 8.00. The number of nitrogens with zero attached hydrogens (tertiary/aromatic N) is 1. The van der Waals surface area contributed by atoms with Gasteiger partial charge in [0.2, 0.25) is 5.89 Å². The van der Waals surface area contributed by atoms with Gasteiger partial charge in [0.05, 0.1) is 10.9 Å². The van der Waals surface area contributed by atoms with Crippen LogP contribution in [0.5, 0.6) is 11.5 Å². The largest absolute Gasteiger partial charge is 0.427 e. The molecule has 0 saturated carbocycles. The molecule has 0 aliphatic carbocycles. The molecule has 27 heavy (non-hydrogen) atoms. The van der Waals surface area contributed by atoms with E-state index >= 15 is 0 Å². The van der Waals surface area contributed by atoms with Crippen LogP contribution in [0.4, 0.5) is 0 Å². The lowest BCUT2D eigenvalue weighted by molar-refractivity contribution is -0.132. The molecule has 0 aliphatic rings. The second kappa shape index (κ2) is 7.65. The van der Waals surface area contributed by atoms with E-state index in [1.54, 1.807) is 48.6 Å². The Balaban J connectivity index is 1.84. The summed E-state index contributed by atoms with van der Waals surface area (Å²) < 4.78 is 15.1. The molecule has 2 aromatic carbocycles. The highest BCUT2D eigenvalue weighted by Gasteiger charge is 2.07. The molecule has 7 heteroatoms. The zero-order valence-corrected chi connectivity index (χ0v) is 14.6. The Labute approximate surface area is 153 Å². The number of carbonyl (C=O) groups excluding carboxylic acids is 2. The minimum atomic E-state index is -0.584. The number of esters is 2. The predicted molar refractivity (Wildman–Crippen MR) is 98.3 cm³/mol. The monoisotopic (exact) mass is 365 g/mol. The SMILES string of the molecule is CC(=O)Oc1ccc(C=Cc2nc3ccc(OC(C)=O)cc3c(=O)o2)cc1. The van der Waals surface area contributed by atoms with E-state index in [2.05, 4.69) is 4.98 Å².